The molecule has 2 rings (SSSR count). The Balaban J connectivity index is 2.35. The highest BCUT2D eigenvalue weighted by Crippen LogP contribution is 2.49. The van der Waals surface area contributed by atoms with Gasteiger partial charge < -0.3 is 32.7 Å². The molecule has 11 nitrogen and oxygen atoms in total. The second-order valence-corrected chi connectivity index (χ2v) is 9.15. The number of carbonyl (C=O) groups excluding carboxylic acids is 3. The Labute approximate surface area is 192 Å². The predicted molar refractivity (Wildman–Crippen MR) is 113 cm³/mol. The van der Waals surface area contributed by atoms with Gasteiger partial charge in [0.1, 0.15) is 0 Å². The molecule has 1 heterocycles. The molecule has 0 bridgehead atoms. The van der Waals surface area contributed by atoms with Crippen LogP contribution in [0.2, 0.25) is 0 Å². The molecule has 184 valence electrons. The zero-order valence-electron chi connectivity index (χ0n) is 19.2. The maximum atomic E-state index is 12.8. The fourth-order valence-corrected chi connectivity index (χ4v) is 4.46. The summed E-state index contributed by atoms with van der Waals surface area (Å²) < 4.78 is 50.5. The zero-order chi connectivity index (χ0) is 24.6. The summed E-state index contributed by atoms with van der Waals surface area (Å²) in [7, 11) is -3.66. The molecule has 1 unspecified atom stereocenters. The van der Waals surface area contributed by atoms with Crippen molar-refractivity contribution in [3.05, 3.63) is 35.9 Å². The summed E-state index contributed by atoms with van der Waals surface area (Å²) in [5.74, 6) is -2.25. The fourth-order valence-electron chi connectivity index (χ4n) is 3.12. The number of esters is 3. The summed E-state index contributed by atoms with van der Waals surface area (Å²) in [6.45, 7) is 7.12. The van der Waals surface area contributed by atoms with Crippen molar-refractivity contribution >= 4 is 25.5 Å². The molecular weight excluding hydrogens is 459 g/mol. The lowest BCUT2D eigenvalue weighted by molar-refractivity contribution is -0.226. The minimum Gasteiger partial charge on any atom is -0.453 e. The third kappa shape index (κ3) is 7.09. The lowest BCUT2D eigenvalue weighted by Gasteiger charge is -2.33. The van der Waals surface area contributed by atoms with Gasteiger partial charge in [-0.15, -0.1) is 0 Å². The molecule has 1 aromatic carbocycles. The van der Waals surface area contributed by atoms with Gasteiger partial charge in [0.2, 0.25) is 18.2 Å². The number of rotatable bonds is 11. The first-order valence-electron chi connectivity index (χ1n) is 10.3. The largest absolute Gasteiger partial charge is 0.453 e. The topological polar surface area (TPSA) is 133 Å². The first-order valence-corrected chi connectivity index (χ1v) is 12.1. The highest BCUT2D eigenvalue weighted by molar-refractivity contribution is 7.53. The molecule has 1 aliphatic heterocycles. The summed E-state index contributed by atoms with van der Waals surface area (Å²) in [6, 6.07) is 8.05. The van der Waals surface area contributed by atoms with Gasteiger partial charge in [0.05, 0.1) is 18.8 Å². The van der Waals surface area contributed by atoms with Crippen molar-refractivity contribution in [2.45, 2.75) is 58.9 Å². The number of hydrogen-bond donors (Lipinski definition) is 0. The van der Waals surface area contributed by atoms with E-state index in [-0.39, 0.29) is 18.8 Å². The van der Waals surface area contributed by atoms with Gasteiger partial charge in [-0.3, -0.25) is 14.2 Å². The first kappa shape index (κ1) is 26.9. The molecule has 0 radical (unpaired) electrons. The van der Waals surface area contributed by atoms with Crippen molar-refractivity contribution in [3.8, 4) is 0 Å². The summed E-state index contributed by atoms with van der Waals surface area (Å²) in [5, 5.41) is 0. The Morgan fingerprint density at radius 3 is 2.09 bits per heavy atom. The van der Waals surface area contributed by atoms with E-state index in [9.17, 15) is 18.9 Å². The van der Waals surface area contributed by atoms with Crippen molar-refractivity contribution in [1.82, 2.24) is 0 Å². The van der Waals surface area contributed by atoms with Gasteiger partial charge in [-0.2, -0.15) is 0 Å². The second-order valence-electron chi connectivity index (χ2n) is 7.16. The average Bonchev–Trinajstić information content (AvgIpc) is 2.98. The van der Waals surface area contributed by atoms with Crippen molar-refractivity contribution in [2.24, 2.45) is 0 Å². The van der Waals surface area contributed by atoms with Gasteiger partial charge >= 0.3 is 25.5 Å². The van der Waals surface area contributed by atoms with Crippen LogP contribution in [0.15, 0.2) is 30.3 Å². The van der Waals surface area contributed by atoms with Crippen LogP contribution in [-0.4, -0.2) is 61.8 Å². The van der Waals surface area contributed by atoms with E-state index >= 15 is 0 Å². The molecule has 33 heavy (non-hydrogen) atoms. The van der Waals surface area contributed by atoms with Crippen LogP contribution < -0.4 is 0 Å². The number of ether oxygens (including phenoxy) is 5. The van der Waals surface area contributed by atoms with Crippen LogP contribution in [0.25, 0.3) is 0 Å². The third-order valence-electron chi connectivity index (χ3n) is 4.47. The van der Waals surface area contributed by atoms with Crippen LogP contribution >= 0.6 is 7.60 Å². The van der Waals surface area contributed by atoms with Crippen molar-refractivity contribution < 1.29 is 51.7 Å². The lowest BCUT2D eigenvalue weighted by Crippen LogP contribution is -2.52. The van der Waals surface area contributed by atoms with Crippen LogP contribution in [0.1, 0.15) is 45.0 Å². The molecule has 0 aromatic heterocycles. The minimum atomic E-state index is -3.66. The zero-order valence-corrected chi connectivity index (χ0v) is 20.1. The van der Waals surface area contributed by atoms with Gasteiger partial charge in [0.25, 0.3) is 0 Å². The predicted octanol–water partition coefficient (Wildman–Crippen LogP) is 3.02. The molecule has 0 amide bonds. The molecule has 0 saturated carbocycles. The van der Waals surface area contributed by atoms with Crippen LogP contribution in [0.4, 0.5) is 0 Å². The van der Waals surface area contributed by atoms with Gasteiger partial charge in [0, 0.05) is 13.8 Å². The molecule has 1 fully saturated rings. The molecule has 0 spiro atoms. The van der Waals surface area contributed by atoms with Gasteiger partial charge in [-0.25, -0.2) is 4.79 Å². The van der Waals surface area contributed by atoms with E-state index < -0.39 is 56.1 Å². The Bertz CT molecular complexity index is 864. The molecule has 4 atom stereocenters. The van der Waals surface area contributed by atoms with E-state index in [1.54, 1.807) is 32.0 Å². The summed E-state index contributed by atoms with van der Waals surface area (Å²) >= 11 is 0. The number of hydrogen-bond acceptors (Lipinski definition) is 11. The highest BCUT2D eigenvalue weighted by Gasteiger charge is 2.62. The Morgan fingerprint density at radius 1 is 1.00 bits per heavy atom. The molecule has 0 aliphatic carbocycles. The quantitative estimate of drug-likeness (QED) is 0.258. The summed E-state index contributed by atoms with van der Waals surface area (Å²) in [6.07, 6.45) is -4.83. The van der Waals surface area contributed by atoms with E-state index in [1.807, 2.05) is 0 Å². The van der Waals surface area contributed by atoms with Crippen LogP contribution in [0, 0.1) is 0 Å². The van der Waals surface area contributed by atoms with Crippen LogP contribution in [0.5, 0.6) is 0 Å². The van der Waals surface area contributed by atoms with E-state index in [4.69, 9.17) is 32.7 Å². The second kappa shape index (κ2) is 11.7. The van der Waals surface area contributed by atoms with Crippen molar-refractivity contribution in [2.75, 3.05) is 19.6 Å². The Kier molecular flexibility index (Phi) is 9.57. The molecule has 1 aliphatic rings. The van der Waals surface area contributed by atoms with Gasteiger partial charge in [-0.05, 0) is 32.9 Å². The fraction of sp³-hybridized carbons (Fsp3) is 0.571. The Morgan fingerprint density at radius 2 is 1.58 bits per heavy atom. The maximum Gasteiger partial charge on any atom is 0.356 e. The first-order chi connectivity index (χ1) is 15.5. The number of benzene rings is 1. The molecule has 12 heteroatoms. The van der Waals surface area contributed by atoms with Gasteiger partial charge in [-0.1, -0.05) is 18.2 Å². The normalized spacial score (nSPS) is 24.8. The monoisotopic (exact) mass is 488 g/mol. The Hall–Kier alpha value is -2.30. The van der Waals surface area contributed by atoms with Gasteiger partial charge in [0.15, 0.2) is 12.5 Å². The smallest absolute Gasteiger partial charge is 0.356 e. The van der Waals surface area contributed by atoms with Crippen LogP contribution in [0.3, 0.4) is 0 Å². The van der Waals surface area contributed by atoms with E-state index in [0.717, 1.165) is 13.8 Å². The van der Waals surface area contributed by atoms with E-state index in [2.05, 4.69) is 0 Å². The van der Waals surface area contributed by atoms with E-state index in [0.29, 0.717) is 0 Å². The van der Waals surface area contributed by atoms with Crippen molar-refractivity contribution in [3.63, 3.8) is 0 Å². The molecule has 1 aromatic rings. The maximum absolute atomic E-state index is 12.8. The highest BCUT2D eigenvalue weighted by atomic mass is 31.2. The summed E-state index contributed by atoms with van der Waals surface area (Å²) in [5.41, 5.74) is -1.58. The van der Waals surface area contributed by atoms with Crippen molar-refractivity contribution in [1.29, 1.82) is 0 Å². The lowest BCUT2D eigenvalue weighted by atomic mass is 9.99. The summed E-state index contributed by atoms with van der Waals surface area (Å²) in [4.78, 5) is 36.3. The third-order valence-corrected chi connectivity index (χ3v) is 6.24. The average molecular weight is 488 g/mol. The van der Waals surface area contributed by atoms with E-state index in [1.165, 1.54) is 19.1 Å². The molecular formula is C21H29O11P. The van der Waals surface area contributed by atoms with Crippen LogP contribution in [-0.2, 0) is 46.9 Å². The standard InChI is InChI=1S/C21H29O11P/c1-6-27-33(25,28-7-2)13-26-19-17(29-14(3)22)21(5,20(31-19)30-15(4)23)32-18(24)16-11-9-8-10-12-16/h8-12,17,19-20H,6-7,13H2,1-5H3/t17-,19-,20+,21?/m0/s1. The SMILES string of the molecule is CCOP(=O)(CO[C@H]1O[C@@H](OC(C)=O)C(C)(OC(=O)c2ccccc2)[C@H]1OC(C)=O)OCC. The number of carbonyl (C=O) groups is 3. The minimum absolute atomic E-state index is 0.0992. The molecule has 0 N–H and O–H groups in total. The molecule has 1 saturated heterocycles.